The summed E-state index contributed by atoms with van der Waals surface area (Å²) in [7, 11) is 0. The summed E-state index contributed by atoms with van der Waals surface area (Å²) in [5, 5.41) is 10.3. The van der Waals surface area contributed by atoms with Gasteiger partial charge in [-0.3, -0.25) is 0 Å². The second kappa shape index (κ2) is 7.99. The van der Waals surface area contributed by atoms with E-state index >= 15 is 0 Å². The summed E-state index contributed by atoms with van der Waals surface area (Å²) in [5.41, 5.74) is 1.07. The number of hydrogen-bond donors (Lipinski definition) is 1. The molecule has 1 heteroatoms. The Morgan fingerprint density at radius 2 is 1.48 bits per heavy atom. The van der Waals surface area contributed by atoms with Crippen molar-refractivity contribution in [3.63, 3.8) is 0 Å². The molecule has 0 bridgehead atoms. The lowest BCUT2D eigenvalue weighted by Crippen LogP contribution is -2.54. The molecule has 29 heavy (non-hydrogen) atoms. The number of fused-ring (bicyclic) bond motifs is 5. The topological polar surface area (TPSA) is 20.2 Å². The zero-order valence-corrected chi connectivity index (χ0v) is 20.2. The lowest BCUT2D eigenvalue weighted by atomic mass is 9.44. The Morgan fingerprint density at radius 3 is 2.21 bits per heavy atom. The van der Waals surface area contributed by atoms with Crippen LogP contribution in [-0.2, 0) is 0 Å². The van der Waals surface area contributed by atoms with Crippen LogP contribution in [0, 0.1) is 58.2 Å². The summed E-state index contributed by atoms with van der Waals surface area (Å²) >= 11 is 0. The number of allylic oxidation sites excluding steroid dienone is 2. The van der Waals surface area contributed by atoms with E-state index < -0.39 is 0 Å². The van der Waals surface area contributed by atoms with Crippen molar-refractivity contribution >= 4 is 0 Å². The standard InChI is InChI=1S/C28H48O/c1-18(2)19(3)7-8-20(4)24-11-12-25-23-10-9-21-17-22(29)13-15-27(21,5)26(23)14-16-28(24,25)6/h7-8,18-26,29H,9-17H2,1-6H3/t19?,20-,21?,22+,23+,24-,25+,26+,27+,28-/m1/s1. The van der Waals surface area contributed by atoms with Gasteiger partial charge in [0.1, 0.15) is 0 Å². The Balaban J connectivity index is 1.50. The highest BCUT2D eigenvalue weighted by atomic mass is 16.3. The van der Waals surface area contributed by atoms with Crippen LogP contribution in [0.3, 0.4) is 0 Å². The lowest BCUT2D eigenvalue weighted by molar-refractivity contribution is -0.128. The third-order valence-corrected chi connectivity index (χ3v) is 11.1. The van der Waals surface area contributed by atoms with E-state index in [1.165, 1.54) is 44.9 Å². The van der Waals surface area contributed by atoms with Gasteiger partial charge in [-0.05, 0) is 116 Å². The van der Waals surface area contributed by atoms with Crippen LogP contribution < -0.4 is 0 Å². The van der Waals surface area contributed by atoms with E-state index in [2.05, 4.69) is 53.7 Å². The van der Waals surface area contributed by atoms with Gasteiger partial charge in [0.25, 0.3) is 0 Å². The van der Waals surface area contributed by atoms with Crippen molar-refractivity contribution in [2.75, 3.05) is 0 Å². The molecule has 0 radical (unpaired) electrons. The second-order valence-electron chi connectivity index (χ2n) is 12.7. The molecule has 0 spiro atoms. The normalized spacial score (nSPS) is 49.5. The molecule has 0 aromatic rings. The van der Waals surface area contributed by atoms with Gasteiger partial charge in [0.15, 0.2) is 0 Å². The second-order valence-corrected chi connectivity index (χ2v) is 12.7. The van der Waals surface area contributed by atoms with E-state index in [0.717, 1.165) is 54.3 Å². The van der Waals surface area contributed by atoms with Crippen molar-refractivity contribution in [3.05, 3.63) is 12.2 Å². The number of rotatable bonds is 4. The molecule has 0 aromatic carbocycles. The van der Waals surface area contributed by atoms with Crippen LogP contribution in [0.1, 0.15) is 99.3 Å². The van der Waals surface area contributed by atoms with Crippen LogP contribution in [-0.4, -0.2) is 11.2 Å². The minimum absolute atomic E-state index is 0.0183. The first-order valence-corrected chi connectivity index (χ1v) is 13.0. The molecule has 0 amide bonds. The molecule has 166 valence electrons. The van der Waals surface area contributed by atoms with E-state index in [-0.39, 0.29) is 6.10 Å². The van der Waals surface area contributed by atoms with Gasteiger partial charge < -0.3 is 5.11 Å². The van der Waals surface area contributed by atoms with Crippen molar-refractivity contribution in [2.24, 2.45) is 58.2 Å². The van der Waals surface area contributed by atoms with E-state index in [4.69, 9.17) is 0 Å². The highest BCUT2D eigenvalue weighted by Gasteiger charge is 2.60. The predicted octanol–water partition coefficient (Wildman–Crippen LogP) is 7.49. The molecule has 0 heterocycles. The van der Waals surface area contributed by atoms with E-state index in [0.29, 0.717) is 16.7 Å². The Hall–Kier alpha value is -0.300. The Morgan fingerprint density at radius 1 is 0.793 bits per heavy atom. The maximum absolute atomic E-state index is 10.3. The SMILES string of the molecule is CC(C)C(C)C=C[C@@H](C)[C@H]1CC[C@H]2[C@@H]3CCC4C[C@@H](O)CC[C@]4(C)[C@H]3CC[C@]12C. The number of hydrogen-bond acceptors (Lipinski definition) is 1. The first-order valence-electron chi connectivity index (χ1n) is 13.0. The highest BCUT2D eigenvalue weighted by molar-refractivity contribution is 5.11. The molecule has 10 atom stereocenters. The smallest absolute Gasteiger partial charge is 0.0543 e. The molecule has 0 aromatic heterocycles. The zero-order chi connectivity index (χ0) is 21.0. The summed E-state index contributed by atoms with van der Waals surface area (Å²) in [5.74, 6) is 6.66. The Kier molecular flexibility index (Phi) is 6.04. The third kappa shape index (κ3) is 3.66. The summed E-state index contributed by atoms with van der Waals surface area (Å²) in [4.78, 5) is 0. The fourth-order valence-corrected chi connectivity index (χ4v) is 8.85. The van der Waals surface area contributed by atoms with E-state index in [9.17, 15) is 5.11 Å². The Labute approximate surface area is 181 Å². The van der Waals surface area contributed by atoms with Gasteiger partial charge in [0.2, 0.25) is 0 Å². The number of aliphatic hydroxyl groups excluding tert-OH is 1. The van der Waals surface area contributed by atoms with Crippen LogP contribution in [0.15, 0.2) is 12.2 Å². The molecule has 0 aliphatic heterocycles. The molecule has 4 rings (SSSR count). The van der Waals surface area contributed by atoms with E-state index in [1.807, 2.05) is 0 Å². The molecule has 4 saturated carbocycles. The van der Waals surface area contributed by atoms with Crippen LogP contribution >= 0.6 is 0 Å². The third-order valence-electron chi connectivity index (χ3n) is 11.1. The maximum Gasteiger partial charge on any atom is 0.0543 e. The van der Waals surface area contributed by atoms with Crippen LogP contribution in [0.5, 0.6) is 0 Å². The summed E-state index contributed by atoms with van der Waals surface area (Å²) in [6.45, 7) is 14.9. The summed E-state index contributed by atoms with van der Waals surface area (Å²) < 4.78 is 0. The predicted molar refractivity (Wildman–Crippen MR) is 124 cm³/mol. The van der Waals surface area contributed by atoms with E-state index in [1.54, 1.807) is 0 Å². The van der Waals surface area contributed by atoms with Gasteiger partial charge in [-0.25, -0.2) is 0 Å². The first kappa shape index (κ1) is 21.9. The summed E-state index contributed by atoms with van der Waals surface area (Å²) in [6, 6.07) is 0. The van der Waals surface area contributed by atoms with Gasteiger partial charge in [-0.2, -0.15) is 0 Å². The fourth-order valence-electron chi connectivity index (χ4n) is 8.85. The van der Waals surface area contributed by atoms with Gasteiger partial charge in [-0.15, -0.1) is 0 Å². The van der Waals surface area contributed by atoms with Gasteiger partial charge in [0.05, 0.1) is 6.10 Å². The minimum atomic E-state index is -0.0183. The first-order chi connectivity index (χ1) is 13.7. The quantitative estimate of drug-likeness (QED) is 0.485. The van der Waals surface area contributed by atoms with Crippen molar-refractivity contribution in [1.29, 1.82) is 0 Å². The van der Waals surface area contributed by atoms with Crippen molar-refractivity contribution < 1.29 is 5.11 Å². The fraction of sp³-hybridized carbons (Fsp3) is 0.929. The summed E-state index contributed by atoms with van der Waals surface area (Å²) in [6.07, 6.45) is 17.1. The molecular weight excluding hydrogens is 352 g/mol. The van der Waals surface area contributed by atoms with Crippen molar-refractivity contribution in [3.8, 4) is 0 Å². The monoisotopic (exact) mass is 400 g/mol. The molecule has 2 unspecified atom stereocenters. The zero-order valence-electron chi connectivity index (χ0n) is 20.2. The van der Waals surface area contributed by atoms with Gasteiger partial charge in [-0.1, -0.05) is 53.7 Å². The minimum Gasteiger partial charge on any atom is -0.393 e. The lowest BCUT2D eigenvalue weighted by Gasteiger charge is -2.61. The van der Waals surface area contributed by atoms with Crippen LogP contribution in [0.25, 0.3) is 0 Å². The molecule has 4 fully saturated rings. The average molecular weight is 401 g/mol. The van der Waals surface area contributed by atoms with Crippen LogP contribution in [0.2, 0.25) is 0 Å². The Bertz CT molecular complexity index is 607. The molecule has 0 saturated heterocycles. The molecule has 1 N–H and O–H groups in total. The molecule has 1 nitrogen and oxygen atoms in total. The van der Waals surface area contributed by atoms with Crippen molar-refractivity contribution in [1.82, 2.24) is 0 Å². The van der Waals surface area contributed by atoms with Gasteiger partial charge >= 0.3 is 0 Å². The van der Waals surface area contributed by atoms with Crippen LogP contribution in [0.4, 0.5) is 0 Å². The highest BCUT2D eigenvalue weighted by Crippen LogP contribution is 2.68. The van der Waals surface area contributed by atoms with Gasteiger partial charge in [0, 0.05) is 0 Å². The number of aliphatic hydroxyl groups is 1. The average Bonchev–Trinajstić information content (AvgIpc) is 3.03. The molecular formula is C28H48O. The van der Waals surface area contributed by atoms with Crippen molar-refractivity contribution in [2.45, 2.75) is 105 Å². The molecule has 4 aliphatic carbocycles. The molecule has 4 aliphatic rings. The largest absolute Gasteiger partial charge is 0.393 e. The maximum atomic E-state index is 10.3.